The Kier molecular flexibility index (Phi) is 8.51. The van der Waals surface area contributed by atoms with Gasteiger partial charge in [-0.3, -0.25) is 19.6 Å². The van der Waals surface area contributed by atoms with Crippen molar-refractivity contribution in [3.63, 3.8) is 0 Å². The maximum absolute atomic E-state index is 12.3. The number of likely N-dealkylation sites (tertiary alicyclic amines) is 1. The van der Waals surface area contributed by atoms with Gasteiger partial charge in [0.25, 0.3) is 0 Å². The highest BCUT2D eigenvalue weighted by atomic mass is 32.2. The normalized spacial score (nSPS) is 14.2. The van der Waals surface area contributed by atoms with E-state index in [2.05, 4.69) is 25.7 Å². The number of piperidine rings is 1. The lowest BCUT2D eigenvalue weighted by atomic mass is 10.1. The fourth-order valence-corrected chi connectivity index (χ4v) is 5.22. The van der Waals surface area contributed by atoms with Crippen molar-refractivity contribution in [1.82, 2.24) is 30.3 Å². The molecule has 0 atom stereocenters. The van der Waals surface area contributed by atoms with Crippen LogP contribution in [-0.4, -0.2) is 57.0 Å². The highest BCUT2D eigenvalue weighted by molar-refractivity contribution is 7.99. The molecule has 2 N–H and O–H groups in total. The Morgan fingerprint density at radius 2 is 1.85 bits per heavy atom. The summed E-state index contributed by atoms with van der Waals surface area (Å²) in [5, 5.41) is 16.5. The number of thiophene rings is 1. The van der Waals surface area contributed by atoms with Crippen molar-refractivity contribution in [3.8, 4) is 5.69 Å². The number of para-hydroxylation sites is 1. The maximum atomic E-state index is 12.3. The quantitative estimate of drug-likeness (QED) is 0.452. The SMILES string of the molecule is O=C(CSc1nnc(CN2CCCCC2)n1-c1ccccc1)NC(=O)NCCc1cccs1. The molecule has 4 rings (SSSR count). The molecule has 3 amide bonds. The van der Waals surface area contributed by atoms with Gasteiger partial charge in [0.05, 0.1) is 12.3 Å². The predicted octanol–water partition coefficient (Wildman–Crippen LogP) is 3.48. The average molecular weight is 485 g/mol. The topological polar surface area (TPSA) is 92.2 Å². The monoisotopic (exact) mass is 484 g/mol. The van der Waals surface area contributed by atoms with E-state index in [1.807, 2.05) is 52.4 Å². The number of amides is 3. The first-order chi connectivity index (χ1) is 16.2. The standard InChI is InChI=1S/C23H28N6O2S2/c30-21(25-22(31)24-12-11-19-10-7-15-32-19)17-33-23-27-26-20(16-28-13-5-2-6-14-28)29(23)18-8-3-1-4-9-18/h1,3-4,7-10,15H,2,5-6,11-14,16-17H2,(H2,24,25,30,31). The number of nitrogens with zero attached hydrogens (tertiary/aromatic N) is 4. The molecular weight excluding hydrogens is 456 g/mol. The van der Waals surface area contributed by atoms with Crippen LogP contribution in [0.25, 0.3) is 5.69 Å². The maximum Gasteiger partial charge on any atom is 0.321 e. The van der Waals surface area contributed by atoms with Gasteiger partial charge in [0.15, 0.2) is 11.0 Å². The van der Waals surface area contributed by atoms with Crippen LogP contribution in [0.3, 0.4) is 0 Å². The molecule has 1 aliphatic rings. The van der Waals surface area contributed by atoms with Gasteiger partial charge >= 0.3 is 6.03 Å². The molecule has 1 aromatic carbocycles. The highest BCUT2D eigenvalue weighted by Gasteiger charge is 2.19. The number of nitrogens with one attached hydrogen (secondary N) is 2. The van der Waals surface area contributed by atoms with E-state index < -0.39 is 6.03 Å². The molecule has 0 unspecified atom stereocenters. The molecule has 1 fully saturated rings. The number of aromatic nitrogens is 3. The Morgan fingerprint density at radius 3 is 2.61 bits per heavy atom. The summed E-state index contributed by atoms with van der Waals surface area (Å²) in [4.78, 5) is 27.9. The molecule has 10 heteroatoms. The lowest BCUT2D eigenvalue weighted by molar-refractivity contribution is -0.117. The third-order valence-corrected chi connectivity index (χ3v) is 7.22. The second kappa shape index (κ2) is 12.0. The van der Waals surface area contributed by atoms with Crippen LogP contribution in [0.15, 0.2) is 53.0 Å². The number of benzene rings is 1. The zero-order valence-corrected chi connectivity index (χ0v) is 20.0. The zero-order chi connectivity index (χ0) is 22.9. The highest BCUT2D eigenvalue weighted by Crippen LogP contribution is 2.23. The molecule has 0 spiro atoms. The summed E-state index contributed by atoms with van der Waals surface area (Å²) in [6, 6.07) is 13.5. The molecule has 3 heterocycles. The van der Waals surface area contributed by atoms with Gasteiger partial charge in [-0.25, -0.2) is 4.79 Å². The van der Waals surface area contributed by atoms with Crippen LogP contribution < -0.4 is 10.6 Å². The van der Waals surface area contributed by atoms with Crippen molar-refractivity contribution in [2.24, 2.45) is 0 Å². The van der Waals surface area contributed by atoms with Gasteiger partial charge in [0.2, 0.25) is 5.91 Å². The molecule has 0 saturated carbocycles. The van der Waals surface area contributed by atoms with Crippen LogP contribution >= 0.6 is 23.1 Å². The summed E-state index contributed by atoms with van der Waals surface area (Å²) in [6.45, 7) is 3.33. The Morgan fingerprint density at radius 1 is 1.03 bits per heavy atom. The third kappa shape index (κ3) is 6.89. The van der Waals surface area contributed by atoms with Gasteiger partial charge in [-0.1, -0.05) is 42.4 Å². The first kappa shape index (κ1) is 23.5. The number of carbonyl (C=O) groups is 2. The van der Waals surface area contributed by atoms with Crippen LogP contribution in [-0.2, 0) is 17.8 Å². The smallest absolute Gasteiger partial charge is 0.321 e. The van der Waals surface area contributed by atoms with Crippen LogP contribution in [0.2, 0.25) is 0 Å². The Bertz CT molecular complexity index is 1030. The number of carbonyl (C=O) groups excluding carboxylic acids is 2. The van der Waals surface area contributed by atoms with Crippen LogP contribution in [0.1, 0.15) is 30.0 Å². The van der Waals surface area contributed by atoms with Gasteiger partial charge in [0, 0.05) is 17.1 Å². The molecule has 33 heavy (non-hydrogen) atoms. The minimum atomic E-state index is -0.479. The number of hydrogen-bond donors (Lipinski definition) is 2. The summed E-state index contributed by atoms with van der Waals surface area (Å²) in [5.74, 6) is 0.568. The molecule has 3 aromatic rings. The molecule has 0 radical (unpaired) electrons. The van der Waals surface area contributed by atoms with Crippen molar-refractivity contribution in [2.45, 2.75) is 37.4 Å². The largest absolute Gasteiger partial charge is 0.337 e. The van der Waals surface area contributed by atoms with Crippen LogP contribution in [0.5, 0.6) is 0 Å². The van der Waals surface area contributed by atoms with Gasteiger partial charge in [-0.2, -0.15) is 0 Å². The fraction of sp³-hybridized carbons (Fsp3) is 0.391. The Labute approximate surface area is 201 Å². The summed E-state index contributed by atoms with van der Waals surface area (Å²) in [7, 11) is 0. The average Bonchev–Trinajstić information content (AvgIpc) is 3.49. The van der Waals surface area contributed by atoms with Crippen LogP contribution in [0.4, 0.5) is 4.79 Å². The van der Waals surface area contributed by atoms with Gasteiger partial charge < -0.3 is 5.32 Å². The van der Waals surface area contributed by atoms with E-state index >= 15 is 0 Å². The van der Waals surface area contributed by atoms with Crippen molar-refractivity contribution in [2.75, 3.05) is 25.4 Å². The Hall–Kier alpha value is -2.69. The summed E-state index contributed by atoms with van der Waals surface area (Å²) < 4.78 is 2.01. The molecular formula is C23H28N6O2S2. The summed E-state index contributed by atoms with van der Waals surface area (Å²) >= 11 is 2.92. The first-order valence-corrected chi connectivity index (χ1v) is 13.0. The van der Waals surface area contributed by atoms with Gasteiger partial charge in [-0.15, -0.1) is 21.5 Å². The minimum Gasteiger partial charge on any atom is -0.337 e. The molecule has 8 nitrogen and oxygen atoms in total. The summed E-state index contributed by atoms with van der Waals surface area (Å²) in [5.41, 5.74) is 0.962. The number of imide groups is 1. The third-order valence-electron chi connectivity index (χ3n) is 5.35. The zero-order valence-electron chi connectivity index (χ0n) is 18.4. The van der Waals surface area contributed by atoms with E-state index in [1.54, 1.807) is 11.3 Å². The minimum absolute atomic E-state index is 0.0764. The van der Waals surface area contributed by atoms with E-state index in [1.165, 1.54) is 35.9 Å². The number of rotatable bonds is 9. The first-order valence-electron chi connectivity index (χ1n) is 11.1. The van der Waals surface area contributed by atoms with Crippen molar-refractivity contribution < 1.29 is 9.59 Å². The molecule has 0 aliphatic carbocycles. The lowest BCUT2D eigenvalue weighted by Crippen LogP contribution is -2.41. The molecule has 174 valence electrons. The van der Waals surface area contributed by atoms with E-state index in [4.69, 9.17) is 0 Å². The van der Waals surface area contributed by atoms with Gasteiger partial charge in [0.1, 0.15) is 0 Å². The van der Waals surface area contributed by atoms with Crippen molar-refractivity contribution >= 4 is 35.0 Å². The predicted molar refractivity (Wildman–Crippen MR) is 131 cm³/mol. The van der Waals surface area contributed by atoms with E-state index in [0.717, 1.165) is 37.6 Å². The lowest BCUT2D eigenvalue weighted by Gasteiger charge is -2.26. The van der Waals surface area contributed by atoms with Crippen molar-refractivity contribution in [3.05, 3.63) is 58.5 Å². The van der Waals surface area contributed by atoms with E-state index in [0.29, 0.717) is 11.7 Å². The fourth-order valence-electron chi connectivity index (χ4n) is 3.74. The van der Waals surface area contributed by atoms with Gasteiger partial charge in [-0.05, 0) is 55.9 Å². The van der Waals surface area contributed by atoms with E-state index in [9.17, 15) is 9.59 Å². The number of thioether (sulfide) groups is 1. The van der Waals surface area contributed by atoms with Crippen molar-refractivity contribution in [1.29, 1.82) is 0 Å². The molecule has 1 saturated heterocycles. The molecule has 0 bridgehead atoms. The second-order valence-electron chi connectivity index (χ2n) is 7.83. The molecule has 1 aliphatic heterocycles. The number of urea groups is 1. The van der Waals surface area contributed by atoms with E-state index in [-0.39, 0.29) is 11.7 Å². The molecule has 2 aromatic heterocycles. The summed E-state index contributed by atoms with van der Waals surface area (Å²) in [6.07, 6.45) is 4.43. The Balaban J connectivity index is 1.33. The van der Waals surface area contributed by atoms with Crippen LogP contribution in [0, 0.1) is 0 Å². The second-order valence-corrected chi connectivity index (χ2v) is 9.80. The number of hydrogen-bond acceptors (Lipinski definition) is 7.